The molecule has 8 heteroatoms. The van der Waals surface area contributed by atoms with Crippen LogP contribution in [0.1, 0.15) is 15.9 Å². The third-order valence-corrected chi connectivity index (χ3v) is 4.07. The number of aromatic nitrogens is 1. The van der Waals surface area contributed by atoms with Gasteiger partial charge in [0.25, 0.3) is 0 Å². The van der Waals surface area contributed by atoms with Gasteiger partial charge in [0, 0.05) is 15.6 Å². The van der Waals surface area contributed by atoms with E-state index in [1.165, 1.54) is 12.1 Å². The summed E-state index contributed by atoms with van der Waals surface area (Å²) in [7, 11) is 0. The first-order chi connectivity index (χ1) is 9.77. The highest BCUT2D eigenvalue weighted by Gasteiger charge is 2.30. The molecule has 0 radical (unpaired) electrons. The summed E-state index contributed by atoms with van der Waals surface area (Å²) in [4.78, 5) is 15.3. The van der Waals surface area contributed by atoms with Crippen LogP contribution in [-0.4, -0.2) is 16.1 Å². The number of nitrogens with zero attached hydrogens (tertiary/aromatic N) is 1. The van der Waals surface area contributed by atoms with Gasteiger partial charge in [-0.1, -0.05) is 11.8 Å². The van der Waals surface area contributed by atoms with Crippen molar-refractivity contribution in [2.75, 3.05) is 0 Å². The molecular formula is C13H7BrF3NO2S. The van der Waals surface area contributed by atoms with E-state index in [1.807, 2.05) is 0 Å². The third-order valence-electron chi connectivity index (χ3n) is 2.45. The zero-order valence-electron chi connectivity index (χ0n) is 10.2. The number of aromatic carboxylic acids is 1. The fourth-order valence-electron chi connectivity index (χ4n) is 1.49. The lowest BCUT2D eigenvalue weighted by molar-refractivity contribution is -0.137. The second-order valence-corrected chi connectivity index (χ2v) is 5.88. The predicted molar refractivity (Wildman–Crippen MR) is 74.5 cm³/mol. The maximum Gasteiger partial charge on any atom is 0.416 e. The second kappa shape index (κ2) is 6.07. The Morgan fingerprint density at radius 3 is 2.57 bits per heavy atom. The summed E-state index contributed by atoms with van der Waals surface area (Å²) in [5, 5.41) is 9.15. The predicted octanol–water partition coefficient (Wildman–Crippen LogP) is 4.71. The van der Waals surface area contributed by atoms with Crippen LogP contribution in [0.15, 0.2) is 50.9 Å². The van der Waals surface area contributed by atoms with Crippen LogP contribution in [0.3, 0.4) is 0 Å². The number of carbonyl (C=O) groups is 1. The minimum atomic E-state index is -4.44. The summed E-state index contributed by atoms with van der Waals surface area (Å²) in [6.45, 7) is 0. The van der Waals surface area contributed by atoms with Crippen molar-refractivity contribution in [1.29, 1.82) is 0 Å². The minimum absolute atomic E-state index is 0.0342. The molecule has 0 aliphatic rings. The van der Waals surface area contributed by atoms with E-state index in [-0.39, 0.29) is 10.6 Å². The van der Waals surface area contributed by atoms with Crippen LogP contribution in [0.2, 0.25) is 0 Å². The van der Waals surface area contributed by atoms with E-state index in [1.54, 1.807) is 6.07 Å². The number of halogens is 4. The topological polar surface area (TPSA) is 50.2 Å². The van der Waals surface area contributed by atoms with Gasteiger partial charge in [-0.2, -0.15) is 13.2 Å². The number of pyridine rings is 1. The number of benzene rings is 1. The number of carboxylic acids is 1. The molecule has 0 atom stereocenters. The molecule has 110 valence electrons. The number of rotatable bonds is 3. The first kappa shape index (κ1) is 15.8. The number of alkyl halides is 3. The third kappa shape index (κ3) is 3.98. The fraction of sp³-hybridized carbons (Fsp3) is 0.0769. The highest BCUT2D eigenvalue weighted by atomic mass is 79.9. The van der Waals surface area contributed by atoms with Crippen molar-refractivity contribution in [3.63, 3.8) is 0 Å². The molecule has 0 unspecified atom stereocenters. The maximum atomic E-state index is 12.6. The van der Waals surface area contributed by atoms with Gasteiger partial charge in [-0.05, 0) is 46.3 Å². The molecule has 0 saturated heterocycles. The molecule has 1 aromatic heterocycles. The molecule has 1 aromatic carbocycles. The quantitative estimate of drug-likeness (QED) is 0.841. The molecule has 0 fully saturated rings. The Morgan fingerprint density at radius 2 is 1.95 bits per heavy atom. The molecule has 2 rings (SSSR count). The molecular weight excluding hydrogens is 371 g/mol. The molecule has 3 nitrogen and oxygen atoms in total. The summed E-state index contributed by atoms with van der Waals surface area (Å²) >= 11 is 4.06. The lowest BCUT2D eigenvalue weighted by atomic mass is 10.2. The van der Waals surface area contributed by atoms with Crippen molar-refractivity contribution in [1.82, 2.24) is 4.98 Å². The lowest BCUT2D eigenvalue weighted by Gasteiger charge is -2.08. The van der Waals surface area contributed by atoms with E-state index < -0.39 is 17.7 Å². The molecule has 0 saturated carbocycles. The number of hydrogen-bond donors (Lipinski definition) is 1. The monoisotopic (exact) mass is 377 g/mol. The van der Waals surface area contributed by atoms with Gasteiger partial charge in [0.15, 0.2) is 0 Å². The smallest absolute Gasteiger partial charge is 0.416 e. The Balaban J connectivity index is 2.31. The summed E-state index contributed by atoms with van der Waals surface area (Å²) < 4.78 is 38.2. The standard InChI is InChI=1S/C13H7BrF3NO2S/c14-10-2-1-8(6-9(10)12(19)20)21-11-5-7(3-4-18-11)13(15,16)17/h1-6H,(H,19,20). The van der Waals surface area contributed by atoms with Crippen LogP contribution in [0, 0.1) is 0 Å². The molecule has 0 spiro atoms. The average Bonchev–Trinajstić information content (AvgIpc) is 2.40. The van der Waals surface area contributed by atoms with Crippen molar-refractivity contribution in [3.8, 4) is 0 Å². The minimum Gasteiger partial charge on any atom is -0.478 e. The van der Waals surface area contributed by atoms with E-state index in [0.29, 0.717) is 9.37 Å². The molecule has 0 amide bonds. The molecule has 0 aliphatic carbocycles. The van der Waals surface area contributed by atoms with Crippen LogP contribution in [0.4, 0.5) is 13.2 Å². The highest BCUT2D eigenvalue weighted by Crippen LogP contribution is 2.34. The highest BCUT2D eigenvalue weighted by molar-refractivity contribution is 9.10. The van der Waals surface area contributed by atoms with Crippen molar-refractivity contribution in [3.05, 3.63) is 52.1 Å². The molecule has 2 aromatic rings. The van der Waals surface area contributed by atoms with Gasteiger partial charge in [-0.25, -0.2) is 9.78 Å². The largest absolute Gasteiger partial charge is 0.478 e. The zero-order chi connectivity index (χ0) is 15.6. The van der Waals surface area contributed by atoms with Gasteiger partial charge in [-0.15, -0.1) is 0 Å². The molecule has 1 N–H and O–H groups in total. The van der Waals surface area contributed by atoms with Gasteiger partial charge in [-0.3, -0.25) is 0 Å². The summed E-state index contributed by atoms with van der Waals surface area (Å²) in [6, 6.07) is 6.31. The normalized spacial score (nSPS) is 11.4. The van der Waals surface area contributed by atoms with E-state index in [0.717, 1.165) is 30.1 Å². The summed E-state index contributed by atoms with van der Waals surface area (Å²) in [5.41, 5.74) is -0.762. The molecule has 21 heavy (non-hydrogen) atoms. The number of hydrogen-bond acceptors (Lipinski definition) is 3. The fourth-order valence-corrected chi connectivity index (χ4v) is 2.76. The Bertz CT molecular complexity index is 691. The molecule has 0 bridgehead atoms. The maximum absolute atomic E-state index is 12.6. The van der Waals surface area contributed by atoms with Gasteiger partial charge < -0.3 is 5.11 Å². The Labute approximate surface area is 130 Å². The van der Waals surface area contributed by atoms with Crippen molar-refractivity contribution >= 4 is 33.7 Å². The van der Waals surface area contributed by atoms with Gasteiger partial charge in [0.1, 0.15) is 5.03 Å². The van der Waals surface area contributed by atoms with Crippen molar-refractivity contribution < 1.29 is 23.1 Å². The summed E-state index contributed by atoms with van der Waals surface area (Å²) in [6.07, 6.45) is -3.37. The van der Waals surface area contributed by atoms with E-state index in [4.69, 9.17) is 5.11 Å². The van der Waals surface area contributed by atoms with Crippen molar-refractivity contribution in [2.45, 2.75) is 16.1 Å². The van der Waals surface area contributed by atoms with E-state index in [9.17, 15) is 18.0 Å². The summed E-state index contributed by atoms with van der Waals surface area (Å²) in [5.74, 6) is -1.12. The van der Waals surface area contributed by atoms with E-state index in [2.05, 4.69) is 20.9 Å². The SMILES string of the molecule is O=C(O)c1cc(Sc2cc(C(F)(F)F)ccn2)ccc1Br. The average molecular weight is 378 g/mol. The van der Waals surface area contributed by atoms with Gasteiger partial charge >= 0.3 is 12.1 Å². The van der Waals surface area contributed by atoms with Crippen LogP contribution >= 0.6 is 27.7 Å². The first-order valence-corrected chi connectivity index (χ1v) is 7.12. The molecule has 0 aliphatic heterocycles. The van der Waals surface area contributed by atoms with Crippen LogP contribution in [0.5, 0.6) is 0 Å². The first-order valence-electron chi connectivity index (χ1n) is 5.51. The second-order valence-electron chi connectivity index (χ2n) is 3.93. The Hall–Kier alpha value is -1.54. The number of carboxylic acid groups (broad SMARTS) is 1. The van der Waals surface area contributed by atoms with Crippen LogP contribution < -0.4 is 0 Å². The zero-order valence-corrected chi connectivity index (χ0v) is 12.6. The van der Waals surface area contributed by atoms with Gasteiger partial charge in [0.05, 0.1) is 11.1 Å². The van der Waals surface area contributed by atoms with Gasteiger partial charge in [0.2, 0.25) is 0 Å². The van der Waals surface area contributed by atoms with Crippen LogP contribution in [-0.2, 0) is 6.18 Å². The molecule has 1 heterocycles. The van der Waals surface area contributed by atoms with E-state index >= 15 is 0 Å². The lowest BCUT2D eigenvalue weighted by Crippen LogP contribution is -2.05. The van der Waals surface area contributed by atoms with Crippen LogP contribution in [0.25, 0.3) is 0 Å². The Kier molecular flexibility index (Phi) is 4.58. The Morgan fingerprint density at radius 1 is 1.24 bits per heavy atom. The van der Waals surface area contributed by atoms with Crippen molar-refractivity contribution in [2.24, 2.45) is 0 Å².